The average Bonchev–Trinajstić information content (AvgIpc) is 2.39. The smallest absolute Gasteiger partial charge is 0.129 e. The normalized spacial score (nSPS) is 24.7. The van der Waals surface area contributed by atoms with Crippen LogP contribution in [-0.4, -0.2) is 18.0 Å². The molecule has 0 atom stereocenters. The molecule has 2 rings (SSSR count). The lowest BCUT2D eigenvalue weighted by Crippen LogP contribution is -2.34. The maximum absolute atomic E-state index is 13.8. The van der Waals surface area contributed by atoms with Crippen LogP contribution in [0.1, 0.15) is 31.2 Å². The highest BCUT2D eigenvalue weighted by molar-refractivity contribution is 5.84. The van der Waals surface area contributed by atoms with Gasteiger partial charge >= 0.3 is 0 Å². The summed E-state index contributed by atoms with van der Waals surface area (Å²) >= 11 is 0. The maximum atomic E-state index is 13.8. The van der Waals surface area contributed by atoms with Crippen LogP contribution in [0.3, 0.4) is 0 Å². The van der Waals surface area contributed by atoms with Gasteiger partial charge in [-0.3, -0.25) is 0 Å². The molecule has 1 N–H and O–H groups in total. The number of rotatable bonds is 2. The molecule has 0 bridgehead atoms. The quantitative estimate of drug-likeness (QED) is 0.634. The molecule has 1 aliphatic rings. The van der Waals surface area contributed by atoms with Crippen LogP contribution in [0.25, 0.3) is 0 Å². The van der Waals surface area contributed by atoms with E-state index in [1.807, 2.05) is 6.07 Å². The van der Waals surface area contributed by atoms with Crippen molar-refractivity contribution in [1.82, 2.24) is 0 Å². The Morgan fingerprint density at radius 1 is 1.29 bits per heavy atom. The van der Waals surface area contributed by atoms with Gasteiger partial charge in [-0.05, 0) is 31.7 Å². The summed E-state index contributed by atoms with van der Waals surface area (Å²) in [5.74, 6) is -0.237. The Kier molecular flexibility index (Phi) is 3.43. The Morgan fingerprint density at radius 2 is 1.94 bits per heavy atom. The van der Waals surface area contributed by atoms with Crippen LogP contribution in [0.15, 0.2) is 29.4 Å². The van der Waals surface area contributed by atoms with Gasteiger partial charge < -0.3 is 9.94 Å². The van der Waals surface area contributed by atoms with Crippen LogP contribution in [-0.2, 0) is 10.3 Å². The van der Waals surface area contributed by atoms with Crippen molar-refractivity contribution in [2.75, 3.05) is 7.11 Å². The number of ether oxygens (including phenoxy) is 1. The predicted molar refractivity (Wildman–Crippen MR) is 62.8 cm³/mol. The molecule has 0 aromatic heterocycles. The summed E-state index contributed by atoms with van der Waals surface area (Å²) in [4.78, 5) is 0. The van der Waals surface area contributed by atoms with E-state index in [9.17, 15) is 4.39 Å². The van der Waals surface area contributed by atoms with Crippen molar-refractivity contribution in [3.05, 3.63) is 35.6 Å². The molecule has 1 aliphatic carbocycles. The van der Waals surface area contributed by atoms with E-state index in [0.717, 1.165) is 5.71 Å². The van der Waals surface area contributed by atoms with Gasteiger partial charge in [-0.25, -0.2) is 4.39 Å². The molecule has 0 amide bonds. The largest absolute Gasteiger partial charge is 0.411 e. The highest BCUT2D eigenvalue weighted by atomic mass is 19.1. The lowest BCUT2D eigenvalue weighted by atomic mass is 9.78. The van der Waals surface area contributed by atoms with Gasteiger partial charge in [0.25, 0.3) is 0 Å². The van der Waals surface area contributed by atoms with Gasteiger partial charge in [0.1, 0.15) is 5.82 Å². The summed E-state index contributed by atoms with van der Waals surface area (Å²) < 4.78 is 19.4. The molecule has 1 fully saturated rings. The second-order valence-electron chi connectivity index (χ2n) is 4.34. The Bertz CT molecular complexity index is 421. The lowest BCUT2D eigenvalue weighted by Gasteiger charge is -2.36. The van der Waals surface area contributed by atoms with Gasteiger partial charge in [-0.1, -0.05) is 23.4 Å². The number of hydrogen-bond acceptors (Lipinski definition) is 3. The van der Waals surface area contributed by atoms with Crippen LogP contribution < -0.4 is 0 Å². The standard InChI is InChI=1S/C13H16FNO2/c1-17-13(8-6-10(15-16)7-9-13)11-4-2-3-5-12(11)14/h2-5,16H,6-9H2,1H3. The van der Waals surface area contributed by atoms with E-state index in [0.29, 0.717) is 31.2 Å². The fourth-order valence-electron chi connectivity index (χ4n) is 2.46. The maximum Gasteiger partial charge on any atom is 0.129 e. The third-order valence-corrected chi connectivity index (χ3v) is 3.53. The van der Waals surface area contributed by atoms with E-state index in [1.54, 1.807) is 19.2 Å². The van der Waals surface area contributed by atoms with Gasteiger partial charge in [-0.2, -0.15) is 0 Å². The molecular formula is C13H16FNO2. The zero-order valence-corrected chi connectivity index (χ0v) is 9.82. The Hall–Kier alpha value is -1.42. The van der Waals surface area contributed by atoms with E-state index in [-0.39, 0.29) is 5.82 Å². The first kappa shape index (κ1) is 12.0. The molecule has 92 valence electrons. The second-order valence-corrected chi connectivity index (χ2v) is 4.34. The zero-order chi connectivity index (χ0) is 12.3. The number of methoxy groups -OCH3 is 1. The molecular weight excluding hydrogens is 221 g/mol. The SMILES string of the molecule is COC1(c2ccccc2F)CCC(=NO)CC1. The van der Waals surface area contributed by atoms with Gasteiger partial charge in [0.05, 0.1) is 11.3 Å². The summed E-state index contributed by atoms with van der Waals surface area (Å²) in [6.07, 6.45) is 2.56. The van der Waals surface area contributed by atoms with Crippen LogP contribution in [0.2, 0.25) is 0 Å². The molecule has 1 aromatic rings. The monoisotopic (exact) mass is 237 g/mol. The molecule has 0 unspecified atom stereocenters. The fraction of sp³-hybridized carbons (Fsp3) is 0.462. The molecule has 0 radical (unpaired) electrons. The van der Waals surface area contributed by atoms with Crippen LogP contribution >= 0.6 is 0 Å². The lowest BCUT2D eigenvalue weighted by molar-refractivity contribution is -0.0344. The van der Waals surface area contributed by atoms with E-state index in [1.165, 1.54) is 6.07 Å². The van der Waals surface area contributed by atoms with Crippen LogP contribution in [0.4, 0.5) is 4.39 Å². The molecule has 4 heteroatoms. The molecule has 17 heavy (non-hydrogen) atoms. The summed E-state index contributed by atoms with van der Waals surface area (Å²) in [5.41, 5.74) is 0.771. The minimum atomic E-state index is -0.584. The number of oxime groups is 1. The van der Waals surface area contributed by atoms with E-state index in [2.05, 4.69) is 5.16 Å². The Morgan fingerprint density at radius 3 is 2.47 bits per heavy atom. The highest BCUT2D eigenvalue weighted by Crippen LogP contribution is 2.40. The van der Waals surface area contributed by atoms with Gasteiger partial charge in [0.15, 0.2) is 0 Å². The topological polar surface area (TPSA) is 41.8 Å². The van der Waals surface area contributed by atoms with E-state index < -0.39 is 5.60 Å². The van der Waals surface area contributed by atoms with Crippen molar-refractivity contribution in [3.63, 3.8) is 0 Å². The van der Waals surface area contributed by atoms with Gasteiger partial charge in [0.2, 0.25) is 0 Å². The molecule has 0 heterocycles. The fourth-order valence-corrected chi connectivity index (χ4v) is 2.46. The van der Waals surface area contributed by atoms with Crippen LogP contribution in [0, 0.1) is 5.82 Å². The van der Waals surface area contributed by atoms with Crippen molar-refractivity contribution in [2.45, 2.75) is 31.3 Å². The number of benzene rings is 1. The summed E-state index contributed by atoms with van der Waals surface area (Å²) in [6.45, 7) is 0. The average molecular weight is 237 g/mol. The third kappa shape index (κ3) is 2.17. The molecule has 0 aliphatic heterocycles. The number of nitrogens with zero attached hydrogens (tertiary/aromatic N) is 1. The molecule has 3 nitrogen and oxygen atoms in total. The number of halogens is 1. The van der Waals surface area contributed by atoms with Gasteiger partial charge in [-0.15, -0.1) is 0 Å². The van der Waals surface area contributed by atoms with Crippen molar-refractivity contribution >= 4 is 5.71 Å². The van der Waals surface area contributed by atoms with Crippen molar-refractivity contribution in [2.24, 2.45) is 5.16 Å². The van der Waals surface area contributed by atoms with Crippen molar-refractivity contribution < 1.29 is 14.3 Å². The molecule has 0 spiro atoms. The van der Waals surface area contributed by atoms with E-state index in [4.69, 9.17) is 9.94 Å². The third-order valence-electron chi connectivity index (χ3n) is 3.53. The van der Waals surface area contributed by atoms with Crippen molar-refractivity contribution in [1.29, 1.82) is 0 Å². The van der Waals surface area contributed by atoms with Crippen molar-refractivity contribution in [3.8, 4) is 0 Å². The first-order valence-corrected chi connectivity index (χ1v) is 5.72. The van der Waals surface area contributed by atoms with Crippen LogP contribution in [0.5, 0.6) is 0 Å². The van der Waals surface area contributed by atoms with E-state index >= 15 is 0 Å². The molecule has 1 saturated carbocycles. The summed E-state index contributed by atoms with van der Waals surface area (Å²) in [6, 6.07) is 6.70. The predicted octanol–water partition coefficient (Wildman–Crippen LogP) is 3.07. The summed E-state index contributed by atoms with van der Waals surface area (Å²) in [5, 5.41) is 12.0. The first-order valence-electron chi connectivity index (χ1n) is 5.72. The number of hydrogen-bond donors (Lipinski definition) is 1. The van der Waals surface area contributed by atoms with Gasteiger partial charge in [0, 0.05) is 12.7 Å². The molecule has 1 aromatic carbocycles. The Balaban J connectivity index is 2.31. The minimum absolute atomic E-state index is 0.237. The molecule has 0 saturated heterocycles. The second kappa shape index (κ2) is 4.84. The highest BCUT2D eigenvalue weighted by Gasteiger charge is 2.37. The zero-order valence-electron chi connectivity index (χ0n) is 9.82. The summed E-state index contributed by atoms with van der Waals surface area (Å²) in [7, 11) is 1.60. The first-order chi connectivity index (χ1) is 8.22. The minimum Gasteiger partial charge on any atom is -0.411 e. The Labute approximate surface area is 99.9 Å².